The van der Waals surface area contributed by atoms with Gasteiger partial charge >= 0.3 is 0 Å². The molecule has 2 saturated heterocycles. The van der Waals surface area contributed by atoms with Gasteiger partial charge in [-0.2, -0.15) is 5.10 Å². The van der Waals surface area contributed by atoms with Gasteiger partial charge in [-0.3, -0.25) is 14.6 Å². The van der Waals surface area contributed by atoms with Crippen LogP contribution in [0, 0.1) is 13.8 Å². The molecule has 2 aliphatic heterocycles. The number of nitrogens with zero attached hydrogens (tertiary/aromatic N) is 4. The smallest absolute Gasteiger partial charge is 0.191 e. The van der Waals surface area contributed by atoms with Crippen molar-refractivity contribution >= 4 is 5.96 Å². The lowest BCUT2D eigenvalue weighted by atomic mass is 10.2. The van der Waals surface area contributed by atoms with E-state index < -0.39 is 0 Å². The molecule has 2 aliphatic rings. The van der Waals surface area contributed by atoms with E-state index in [0.717, 1.165) is 50.9 Å². The highest BCUT2D eigenvalue weighted by atomic mass is 16.5. The summed E-state index contributed by atoms with van der Waals surface area (Å²) in [5.41, 5.74) is 2.30. The van der Waals surface area contributed by atoms with Gasteiger partial charge in [0.25, 0.3) is 0 Å². The predicted octanol–water partition coefficient (Wildman–Crippen LogP) is 0.918. The molecule has 25 heavy (non-hydrogen) atoms. The number of aliphatic imine (C=N–C) groups is 1. The van der Waals surface area contributed by atoms with Crippen LogP contribution in [0.5, 0.6) is 0 Å². The van der Waals surface area contributed by atoms with Gasteiger partial charge in [-0.15, -0.1) is 0 Å². The molecule has 2 N–H and O–H groups in total. The molecule has 2 fully saturated rings. The molecule has 7 nitrogen and oxygen atoms in total. The molecule has 2 unspecified atom stereocenters. The van der Waals surface area contributed by atoms with Gasteiger partial charge in [-0.25, -0.2) is 0 Å². The van der Waals surface area contributed by atoms with Crippen molar-refractivity contribution in [3.8, 4) is 0 Å². The average Bonchev–Trinajstić information content (AvgIpc) is 3.19. The summed E-state index contributed by atoms with van der Waals surface area (Å²) in [7, 11) is 1.81. The second-order valence-electron chi connectivity index (χ2n) is 7.13. The summed E-state index contributed by atoms with van der Waals surface area (Å²) < 4.78 is 8.05. The molecule has 140 valence electrons. The van der Waals surface area contributed by atoms with E-state index in [1.54, 1.807) is 0 Å². The number of rotatable bonds is 6. The van der Waals surface area contributed by atoms with Crippen LogP contribution in [0.25, 0.3) is 0 Å². The maximum absolute atomic E-state index is 5.99. The van der Waals surface area contributed by atoms with Gasteiger partial charge < -0.3 is 15.4 Å². The Balaban J connectivity index is 1.33. The zero-order chi connectivity index (χ0) is 17.6. The fourth-order valence-electron chi connectivity index (χ4n) is 3.78. The van der Waals surface area contributed by atoms with Crippen molar-refractivity contribution in [3.63, 3.8) is 0 Å². The van der Waals surface area contributed by atoms with Crippen molar-refractivity contribution in [2.45, 2.75) is 51.8 Å². The second-order valence-corrected chi connectivity index (χ2v) is 7.13. The van der Waals surface area contributed by atoms with Crippen LogP contribution in [0.15, 0.2) is 11.1 Å². The van der Waals surface area contributed by atoms with Crippen molar-refractivity contribution in [3.05, 3.63) is 17.5 Å². The molecule has 1 aromatic heterocycles. The van der Waals surface area contributed by atoms with Gasteiger partial charge in [0.2, 0.25) is 0 Å². The maximum Gasteiger partial charge on any atom is 0.191 e. The van der Waals surface area contributed by atoms with Crippen LogP contribution >= 0.6 is 0 Å². The molecule has 0 aliphatic carbocycles. The second kappa shape index (κ2) is 8.67. The Kier molecular flexibility index (Phi) is 6.31. The Labute approximate surface area is 150 Å². The van der Waals surface area contributed by atoms with Crippen molar-refractivity contribution in [1.29, 1.82) is 0 Å². The van der Waals surface area contributed by atoms with Crippen LogP contribution in [0.1, 0.15) is 30.7 Å². The Morgan fingerprint density at radius 3 is 3.04 bits per heavy atom. The molecule has 0 aromatic carbocycles. The summed E-state index contributed by atoms with van der Waals surface area (Å²) in [5.74, 6) is 0.848. The van der Waals surface area contributed by atoms with Gasteiger partial charge in [0.15, 0.2) is 5.96 Å². The van der Waals surface area contributed by atoms with Crippen LogP contribution in [0.2, 0.25) is 0 Å². The molecule has 0 amide bonds. The van der Waals surface area contributed by atoms with Gasteiger partial charge in [0.05, 0.1) is 18.4 Å². The number of hydrogen-bond acceptors (Lipinski definition) is 4. The summed E-state index contributed by atoms with van der Waals surface area (Å²) in [5, 5.41) is 11.3. The zero-order valence-corrected chi connectivity index (χ0v) is 15.8. The summed E-state index contributed by atoms with van der Waals surface area (Å²) in [6.45, 7) is 9.87. The molecule has 7 heteroatoms. The Bertz CT molecular complexity index is 584. The molecule has 2 atom stereocenters. The topological polar surface area (TPSA) is 66.7 Å². The van der Waals surface area contributed by atoms with E-state index in [2.05, 4.69) is 43.3 Å². The van der Waals surface area contributed by atoms with Crippen LogP contribution in [-0.2, 0) is 11.3 Å². The van der Waals surface area contributed by atoms with Crippen LogP contribution in [-0.4, -0.2) is 72.6 Å². The monoisotopic (exact) mass is 348 g/mol. The van der Waals surface area contributed by atoms with E-state index in [4.69, 9.17) is 4.74 Å². The SMILES string of the molecule is CN=C(NCCCn1nc(C)cc1C)NCC1CN2CCCC2CO1. The van der Waals surface area contributed by atoms with E-state index in [9.17, 15) is 0 Å². The average molecular weight is 348 g/mol. The van der Waals surface area contributed by atoms with Gasteiger partial charge in [0, 0.05) is 45.0 Å². The normalized spacial score (nSPS) is 24.4. The fourth-order valence-corrected chi connectivity index (χ4v) is 3.78. The first-order valence-corrected chi connectivity index (χ1v) is 9.47. The first-order valence-electron chi connectivity index (χ1n) is 9.47. The lowest BCUT2D eigenvalue weighted by molar-refractivity contribution is -0.0453. The molecule has 0 saturated carbocycles. The molecule has 0 bridgehead atoms. The van der Waals surface area contributed by atoms with Gasteiger partial charge in [0.1, 0.15) is 0 Å². The predicted molar refractivity (Wildman–Crippen MR) is 100 cm³/mol. The standard InChI is InChI=1S/C18H32N6O/c1-14-10-15(2)24(22-14)9-5-7-20-18(19-3)21-11-17-12-23-8-4-6-16(23)13-25-17/h10,16-17H,4-9,11-13H2,1-3H3,(H2,19,20,21). The molecule has 3 rings (SSSR count). The third kappa shape index (κ3) is 4.95. The minimum atomic E-state index is 0.252. The van der Waals surface area contributed by atoms with Crippen LogP contribution in [0.3, 0.4) is 0 Å². The molecule has 0 radical (unpaired) electrons. The van der Waals surface area contributed by atoms with E-state index in [1.165, 1.54) is 25.1 Å². The van der Waals surface area contributed by atoms with Crippen LogP contribution in [0.4, 0.5) is 0 Å². The van der Waals surface area contributed by atoms with Gasteiger partial charge in [-0.05, 0) is 45.7 Å². The summed E-state index contributed by atoms with van der Waals surface area (Å²) in [6.07, 6.45) is 3.87. The summed E-state index contributed by atoms with van der Waals surface area (Å²) in [6, 6.07) is 2.77. The highest BCUT2D eigenvalue weighted by Crippen LogP contribution is 2.22. The van der Waals surface area contributed by atoms with Crippen molar-refractivity contribution in [1.82, 2.24) is 25.3 Å². The number of nitrogens with one attached hydrogen (secondary N) is 2. The molecular weight excluding hydrogens is 316 g/mol. The van der Waals surface area contributed by atoms with Gasteiger partial charge in [-0.1, -0.05) is 0 Å². The maximum atomic E-state index is 5.99. The molecule has 3 heterocycles. The van der Waals surface area contributed by atoms with E-state index in [-0.39, 0.29) is 6.10 Å². The zero-order valence-electron chi connectivity index (χ0n) is 15.8. The lowest BCUT2D eigenvalue weighted by Gasteiger charge is -2.35. The van der Waals surface area contributed by atoms with E-state index >= 15 is 0 Å². The Morgan fingerprint density at radius 2 is 2.28 bits per heavy atom. The van der Waals surface area contributed by atoms with Crippen molar-refractivity contribution in [2.75, 3.05) is 39.8 Å². The molecule has 0 spiro atoms. The van der Waals surface area contributed by atoms with Crippen LogP contribution < -0.4 is 10.6 Å². The minimum absolute atomic E-state index is 0.252. The van der Waals surface area contributed by atoms with E-state index in [0.29, 0.717) is 6.04 Å². The first-order chi connectivity index (χ1) is 12.2. The highest BCUT2D eigenvalue weighted by molar-refractivity contribution is 5.79. The molecule has 1 aromatic rings. The summed E-state index contributed by atoms with van der Waals surface area (Å²) in [4.78, 5) is 6.88. The number of hydrogen-bond donors (Lipinski definition) is 2. The Hall–Kier alpha value is -1.60. The number of ether oxygens (including phenoxy) is 1. The minimum Gasteiger partial charge on any atom is -0.373 e. The quantitative estimate of drug-likeness (QED) is 0.455. The molecular formula is C18H32N6O. The fraction of sp³-hybridized carbons (Fsp3) is 0.778. The number of guanidine groups is 1. The number of fused-ring (bicyclic) bond motifs is 1. The number of morpholine rings is 1. The number of aryl methyl sites for hydroxylation is 3. The Morgan fingerprint density at radius 1 is 1.40 bits per heavy atom. The third-order valence-corrected chi connectivity index (χ3v) is 5.12. The highest BCUT2D eigenvalue weighted by Gasteiger charge is 2.32. The third-order valence-electron chi connectivity index (χ3n) is 5.12. The largest absolute Gasteiger partial charge is 0.373 e. The van der Waals surface area contributed by atoms with E-state index in [1.807, 2.05) is 14.0 Å². The van der Waals surface area contributed by atoms with Crippen molar-refractivity contribution in [2.24, 2.45) is 4.99 Å². The number of aromatic nitrogens is 2. The lowest BCUT2D eigenvalue weighted by Crippen LogP contribution is -2.51. The summed E-state index contributed by atoms with van der Waals surface area (Å²) >= 11 is 0. The first kappa shape index (κ1) is 18.2. The van der Waals surface area contributed by atoms with Crippen molar-refractivity contribution < 1.29 is 4.74 Å².